The molecule has 0 saturated heterocycles. The number of imidazole rings is 1. The van der Waals surface area contributed by atoms with Crippen LogP contribution >= 0.6 is 0 Å². The number of hydrogen-bond acceptors (Lipinski definition) is 4. The molecule has 320 valence electrons. The van der Waals surface area contributed by atoms with Gasteiger partial charge in [-0.25, -0.2) is 4.98 Å². The van der Waals surface area contributed by atoms with Gasteiger partial charge in [0.25, 0.3) is 6.33 Å². The highest BCUT2D eigenvalue weighted by Crippen LogP contribution is 2.45. The van der Waals surface area contributed by atoms with E-state index in [0.29, 0.717) is 28.2 Å². The van der Waals surface area contributed by atoms with Crippen molar-refractivity contribution in [1.29, 1.82) is 0 Å². The molecule has 0 aliphatic carbocycles. The van der Waals surface area contributed by atoms with Gasteiger partial charge < -0.3 is 9.55 Å². The fourth-order valence-corrected chi connectivity index (χ4v) is 8.94. The summed E-state index contributed by atoms with van der Waals surface area (Å²) in [6, 6.07) is 37.5. The second kappa shape index (κ2) is 16.9. The SMILES string of the molecule is [2H]c1c([2H])c([2H])c(-c2cccc(-c3c([2H])c([2H])c([2H])c([2H])c3[2H])c2-[n+]2cn(-c3cccc(Oc4ccc5c(c4)N(c4cc(C(C)(C)C)ccn4)B(CCC)n4nc(-c6ccccc6)cc4-5)c3)c3ccccc32)c([2H])c1[2H]. The number of anilines is 2. The molecule has 0 spiro atoms. The van der Waals surface area contributed by atoms with Gasteiger partial charge in [-0.3, -0.25) is 4.59 Å². The molecule has 0 bridgehead atoms. The molecular weight excluding hydrogens is 807 g/mol. The minimum atomic E-state index is -0.561. The molecule has 11 rings (SSSR count). The number of ether oxygens (including phenoxy) is 1. The van der Waals surface area contributed by atoms with Crippen LogP contribution < -0.4 is 14.1 Å². The van der Waals surface area contributed by atoms with E-state index in [0.717, 1.165) is 52.3 Å². The molecular formula is C58H50BN6O+. The van der Waals surface area contributed by atoms with Gasteiger partial charge in [0, 0.05) is 46.3 Å². The van der Waals surface area contributed by atoms with E-state index in [9.17, 15) is 0 Å². The smallest absolute Gasteiger partial charge is 0.404 e. The van der Waals surface area contributed by atoms with Gasteiger partial charge in [0.15, 0.2) is 11.0 Å². The van der Waals surface area contributed by atoms with E-state index < -0.39 is 60.4 Å². The minimum Gasteiger partial charge on any atom is -0.457 e. The zero-order valence-corrected chi connectivity index (χ0v) is 36.9. The van der Waals surface area contributed by atoms with Crippen LogP contribution in [0.15, 0.2) is 206 Å². The van der Waals surface area contributed by atoms with Crippen LogP contribution in [-0.4, -0.2) is 26.2 Å². The summed E-state index contributed by atoms with van der Waals surface area (Å²) >= 11 is 0. The summed E-state index contributed by atoms with van der Waals surface area (Å²) in [5, 5.41) is 5.25. The first-order valence-corrected chi connectivity index (χ1v) is 22.1. The van der Waals surface area contributed by atoms with Gasteiger partial charge in [0.2, 0.25) is 0 Å². The normalized spacial score (nSPS) is 14.4. The quantitative estimate of drug-likeness (QED) is 0.101. The molecule has 0 fully saturated rings. The van der Waals surface area contributed by atoms with E-state index in [1.165, 1.54) is 0 Å². The highest BCUT2D eigenvalue weighted by atomic mass is 16.5. The molecule has 8 heteroatoms. The van der Waals surface area contributed by atoms with Crippen LogP contribution in [0.3, 0.4) is 0 Å². The molecule has 1 aliphatic rings. The van der Waals surface area contributed by atoms with Gasteiger partial charge in [-0.1, -0.05) is 161 Å². The van der Waals surface area contributed by atoms with Gasteiger partial charge in [0.1, 0.15) is 28.7 Å². The van der Waals surface area contributed by atoms with Crippen LogP contribution in [0.4, 0.5) is 11.5 Å². The lowest BCUT2D eigenvalue weighted by atomic mass is 9.66. The summed E-state index contributed by atoms with van der Waals surface area (Å²) < 4.78 is 100. The molecule has 4 heterocycles. The first-order valence-electron chi connectivity index (χ1n) is 27.1. The highest BCUT2D eigenvalue weighted by Gasteiger charge is 2.38. The van der Waals surface area contributed by atoms with E-state index >= 15 is 0 Å². The molecule has 10 aromatic rings. The molecule has 7 aromatic carbocycles. The number of nitrogens with zero attached hydrogens (tertiary/aromatic N) is 6. The average Bonchev–Trinajstić information content (AvgIpc) is 4.05. The molecule has 66 heavy (non-hydrogen) atoms. The second-order valence-electron chi connectivity index (χ2n) is 17.3. The van der Waals surface area contributed by atoms with Gasteiger partial charge in [-0.05, 0) is 83.0 Å². The summed E-state index contributed by atoms with van der Waals surface area (Å²) in [5.74, 6) is 1.91. The third-order valence-electron chi connectivity index (χ3n) is 12.1. The fraction of sp³-hybridized carbons (Fsp3) is 0.121. The van der Waals surface area contributed by atoms with Gasteiger partial charge >= 0.3 is 6.98 Å². The van der Waals surface area contributed by atoms with Crippen LogP contribution in [0.5, 0.6) is 11.5 Å². The third kappa shape index (κ3) is 7.44. The van der Waals surface area contributed by atoms with Crippen molar-refractivity contribution in [2.24, 2.45) is 0 Å². The maximum Gasteiger partial charge on any atom is 0.404 e. The fourth-order valence-electron chi connectivity index (χ4n) is 8.94. The number of rotatable bonds is 10. The highest BCUT2D eigenvalue weighted by molar-refractivity contribution is 6.64. The van der Waals surface area contributed by atoms with Crippen molar-refractivity contribution < 1.29 is 23.0 Å². The summed E-state index contributed by atoms with van der Waals surface area (Å²) in [6.45, 7) is 8.55. The monoisotopic (exact) mass is 867 g/mol. The Balaban J connectivity index is 1.06. The minimum absolute atomic E-state index is 0.113. The molecule has 7 nitrogen and oxygen atoms in total. The van der Waals surface area contributed by atoms with Crippen molar-refractivity contribution in [3.05, 3.63) is 212 Å². The Kier molecular flexibility index (Phi) is 7.92. The zero-order chi connectivity index (χ0) is 53.5. The maximum atomic E-state index is 9.07. The standard InChI is InChI=1S/C58H50BN6O/c1-5-34-59-64(56-36-44(33-35-60-56)58(2,3)4)54-38-47(31-32-50(54)55-39-51(61-65(55)59)43-23-13-8-14-24-43)66-46-26-17-25-45(37-46)62-40-63(53-30-16-15-29-52(53)62)57-48(41-19-9-6-10-20-41)27-18-28-49(57)42-21-11-7-12-22-42/h6-33,35-40H,5,34H2,1-4H3/q+1/i6D,7D,9D,10D,11D,12D,19D,20D,21D,22D. The van der Waals surface area contributed by atoms with Crippen molar-refractivity contribution >= 4 is 29.5 Å². The van der Waals surface area contributed by atoms with Crippen LogP contribution in [0.1, 0.15) is 53.4 Å². The largest absolute Gasteiger partial charge is 0.457 e. The lowest BCUT2D eigenvalue weighted by Crippen LogP contribution is -2.46. The Morgan fingerprint density at radius 1 is 0.667 bits per heavy atom. The van der Waals surface area contributed by atoms with Crippen molar-refractivity contribution in [1.82, 2.24) is 19.2 Å². The van der Waals surface area contributed by atoms with Crippen LogP contribution in [0.2, 0.25) is 6.32 Å². The predicted molar refractivity (Wildman–Crippen MR) is 270 cm³/mol. The number of pyridine rings is 1. The summed E-state index contributed by atoms with van der Waals surface area (Å²) in [5.41, 5.74) is 8.17. The predicted octanol–water partition coefficient (Wildman–Crippen LogP) is 14.2. The Morgan fingerprint density at radius 3 is 2.09 bits per heavy atom. The summed E-state index contributed by atoms with van der Waals surface area (Å²) in [4.78, 5) is 7.27. The van der Waals surface area contributed by atoms with E-state index in [-0.39, 0.29) is 40.3 Å². The Morgan fingerprint density at radius 2 is 1.36 bits per heavy atom. The van der Waals surface area contributed by atoms with Gasteiger partial charge in [0.05, 0.1) is 25.1 Å². The number of hydrogen-bond donors (Lipinski definition) is 0. The summed E-state index contributed by atoms with van der Waals surface area (Å²) in [6.07, 6.45) is 5.34. The van der Waals surface area contributed by atoms with E-state index in [1.54, 1.807) is 29.1 Å². The number of para-hydroxylation sites is 3. The lowest BCUT2D eigenvalue weighted by Gasteiger charge is -2.37. The molecule has 0 N–H and O–H groups in total. The van der Waals surface area contributed by atoms with Crippen LogP contribution in [0, 0.1) is 0 Å². The molecule has 1 aliphatic heterocycles. The lowest BCUT2D eigenvalue weighted by molar-refractivity contribution is -0.566. The molecule has 0 atom stereocenters. The Hall–Kier alpha value is -7.97. The molecule has 3 aromatic heterocycles. The van der Waals surface area contributed by atoms with Crippen molar-refractivity contribution in [2.75, 3.05) is 4.81 Å². The number of fused-ring (bicyclic) bond motifs is 4. The third-order valence-corrected chi connectivity index (χ3v) is 12.1. The first kappa shape index (κ1) is 31.0. The Bertz CT molecular complexity index is 3820. The maximum absolute atomic E-state index is 9.07. The second-order valence-corrected chi connectivity index (χ2v) is 17.3. The average molecular weight is 868 g/mol. The van der Waals surface area contributed by atoms with Crippen LogP contribution in [-0.2, 0) is 5.41 Å². The molecule has 0 radical (unpaired) electrons. The molecule has 0 amide bonds. The molecule has 0 unspecified atom stereocenters. The van der Waals surface area contributed by atoms with E-state index in [4.69, 9.17) is 28.5 Å². The van der Waals surface area contributed by atoms with E-state index in [2.05, 4.69) is 79.6 Å². The topological polar surface area (TPSA) is 52.0 Å². The number of aromatic nitrogens is 5. The Labute approximate surface area is 401 Å². The van der Waals surface area contributed by atoms with Gasteiger partial charge in [-0.15, -0.1) is 0 Å². The summed E-state index contributed by atoms with van der Waals surface area (Å²) in [7, 11) is 0. The van der Waals surface area contributed by atoms with Crippen molar-refractivity contribution in [3.8, 4) is 67.6 Å². The van der Waals surface area contributed by atoms with Gasteiger partial charge in [-0.2, -0.15) is 14.2 Å². The van der Waals surface area contributed by atoms with Crippen LogP contribution in [0.25, 0.3) is 67.2 Å². The van der Waals surface area contributed by atoms with E-state index in [1.807, 2.05) is 83.6 Å². The molecule has 0 saturated carbocycles. The number of benzene rings is 7. The first-order chi connectivity index (χ1) is 36.5. The van der Waals surface area contributed by atoms with Crippen molar-refractivity contribution in [3.63, 3.8) is 0 Å². The zero-order valence-electron chi connectivity index (χ0n) is 46.9. The van der Waals surface area contributed by atoms with Crippen molar-refractivity contribution in [2.45, 2.75) is 45.9 Å².